The zero-order chi connectivity index (χ0) is 27.7. The van der Waals surface area contributed by atoms with E-state index in [1.54, 1.807) is 44.2 Å². The summed E-state index contributed by atoms with van der Waals surface area (Å²) in [5.74, 6) is -0.0209. The number of ketones is 1. The van der Waals surface area contributed by atoms with Crippen LogP contribution in [0.1, 0.15) is 50.7 Å². The van der Waals surface area contributed by atoms with E-state index in [1.165, 1.54) is 6.08 Å². The summed E-state index contributed by atoms with van der Waals surface area (Å²) >= 11 is 6.97. The van der Waals surface area contributed by atoms with Crippen molar-refractivity contribution in [2.75, 3.05) is 13.2 Å². The quantitative estimate of drug-likeness (QED) is 0.154. The number of benzene rings is 2. The molecule has 0 radical (unpaired) electrons. The minimum absolute atomic E-state index is 0.0880. The molecule has 9 heteroatoms. The van der Waals surface area contributed by atoms with Crippen LogP contribution in [0.2, 0.25) is 5.02 Å². The second kappa shape index (κ2) is 13.4. The third kappa shape index (κ3) is 7.01. The summed E-state index contributed by atoms with van der Waals surface area (Å²) in [4.78, 5) is 25.9. The number of rotatable bonds is 11. The Balaban J connectivity index is 1.82. The van der Waals surface area contributed by atoms with Gasteiger partial charge in [-0.05, 0) is 67.8 Å². The predicted octanol–water partition coefficient (Wildman–Crippen LogP) is 6.45. The van der Waals surface area contributed by atoms with E-state index in [1.807, 2.05) is 25.1 Å². The van der Waals surface area contributed by atoms with Gasteiger partial charge in [-0.25, -0.2) is 4.79 Å². The Labute approximate surface area is 230 Å². The van der Waals surface area contributed by atoms with Gasteiger partial charge in [0.05, 0.1) is 24.4 Å². The fraction of sp³-hybridized carbons (Fsp3) is 0.241. The van der Waals surface area contributed by atoms with Crippen LogP contribution in [0.3, 0.4) is 0 Å². The van der Waals surface area contributed by atoms with Crippen molar-refractivity contribution in [3.8, 4) is 23.6 Å². The van der Waals surface area contributed by atoms with Crippen molar-refractivity contribution < 1.29 is 23.8 Å². The molecule has 0 aliphatic heterocycles. The van der Waals surface area contributed by atoms with E-state index >= 15 is 0 Å². The fourth-order valence-corrected chi connectivity index (χ4v) is 4.84. The largest absolute Gasteiger partial charge is 0.490 e. The van der Waals surface area contributed by atoms with Crippen molar-refractivity contribution >= 4 is 40.8 Å². The lowest BCUT2D eigenvalue weighted by Gasteiger charge is -2.13. The zero-order valence-corrected chi connectivity index (χ0v) is 22.7. The van der Waals surface area contributed by atoms with Gasteiger partial charge in [-0.15, -0.1) is 11.3 Å². The number of carbonyl (C=O) groups excluding carboxylic acids is 2. The van der Waals surface area contributed by atoms with Crippen LogP contribution in [0.15, 0.2) is 48.0 Å². The highest BCUT2D eigenvalue weighted by Gasteiger charge is 2.23. The molecular formula is C29H25ClN2O5S. The second-order valence-corrected chi connectivity index (χ2v) is 9.55. The van der Waals surface area contributed by atoms with E-state index in [2.05, 4.69) is 6.07 Å². The number of hydrogen-bond donors (Lipinski definition) is 0. The first-order valence-corrected chi connectivity index (χ1v) is 13.0. The van der Waals surface area contributed by atoms with E-state index < -0.39 is 11.8 Å². The first-order valence-electron chi connectivity index (χ1n) is 11.8. The third-order valence-corrected chi connectivity index (χ3v) is 6.94. The summed E-state index contributed by atoms with van der Waals surface area (Å²) in [5.41, 5.74) is 2.15. The molecule has 0 aliphatic carbocycles. The molecule has 0 spiro atoms. The number of nitriles is 2. The minimum Gasteiger partial charge on any atom is -0.490 e. The maximum atomic E-state index is 13.0. The van der Waals surface area contributed by atoms with Crippen molar-refractivity contribution in [3.63, 3.8) is 0 Å². The molecule has 1 aromatic heterocycles. The zero-order valence-electron chi connectivity index (χ0n) is 21.2. The third-order valence-electron chi connectivity index (χ3n) is 5.42. The molecule has 0 aliphatic rings. The smallest absolute Gasteiger partial charge is 0.348 e. The number of ether oxygens (including phenoxy) is 3. The van der Waals surface area contributed by atoms with Gasteiger partial charge in [0.25, 0.3) is 0 Å². The highest BCUT2D eigenvalue weighted by molar-refractivity contribution is 7.14. The molecule has 2 aromatic carbocycles. The van der Waals surface area contributed by atoms with E-state index in [0.717, 1.165) is 16.9 Å². The van der Waals surface area contributed by atoms with Crippen LogP contribution in [0.4, 0.5) is 0 Å². The Morgan fingerprint density at radius 1 is 1.03 bits per heavy atom. The lowest BCUT2D eigenvalue weighted by Crippen LogP contribution is -2.05. The average Bonchev–Trinajstić information content (AvgIpc) is 3.22. The Morgan fingerprint density at radius 2 is 1.76 bits per heavy atom. The number of thiophene rings is 1. The average molecular weight is 549 g/mol. The van der Waals surface area contributed by atoms with Gasteiger partial charge in [0.1, 0.15) is 23.6 Å². The van der Waals surface area contributed by atoms with Crippen LogP contribution in [0.25, 0.3) is 6.08 Å². The Hall–Kier alpha value is -4.11. The normalized spacial score (nSPS) is 10.8. The van der Waals surface area contributed by atoms with E-state index in [9.17, 15) is 20.1 Å². The van der Waals surface area contributed by atoms with Crippen LogP contribution in [-0.2, 0) is 22.6 Å². The summed E-state index contributed by atoms with van der Waals surface area (Å²) in [6.45, 7) is 6.08. The summed E-state index contributed by atoms with van der Waals surface area (Å²) in [7, 11) is 0. The molecule has 0 saturated carbocycles. The van der Waals surface area contributed by atoms with E-state index in [-0.39, 0.29) is 29.0 Å². The Morgan fingerprint density at radius 3 is 2.39 bits per heavy atom. The Kier molecular flexibility index (Phi) is 10.1. The number of esters is 1. The highest BCUT2D eigenvalue weighted by Crippen LogP contribution is 2.32. The van der Waals surface area contributed by atoms with Crippen LogP contribution < -0.4 is 9.47 Å². The van der Waals surface area contributed by atoms with Gasteiger partial charge in [-0.1, -0.05) is 29.8 Å². The molecule has 0 fully saturated rings. The fourth-order valence-electron chi connectivity index (χ4n) is 3.56. The van der Waals surface area contributed by atoms with Crippen LogP contribution >= 0.6 is 22.9 Å². The number of carbonyl (C=O) groups is 2. The van der Waals surface area contributed by atoms with Crippen LogP contribution in [0, 0.1) is 29.6 Å². The lowest BCUT2D eigenvalue weighted by molar-refractivity contribution is -0.114. The molecule has 0 atom stereocenters. The van der Waals surface area contributed by atoms with Gasteiger partial charge in [0.15, 0.2) is 17.3 Å². The topological polar surface area (TPSA) is 109 Å². The molecule has 38 heavy (non-hydrogen) atoms. The number of hydrogen-bond acceptors (Lipinski definition) is 8. The molecule has 0 saturated heterocycles. The molecule has 0 bridgehead atoms. The van der Waals surface area contributed by atoms with Crippen LogP contribution in [0.5, 0.6) is 11.5 Å². The second-order valence-electron chi connectivity index (χ2n) is 8.01. The molecule has 1 heterocycles. The van der Waals surface area contributed by atoms with Crippen molar-refractivity contribution in [1.29, 1.82) is 10.5 Å². The van der Waals surface area contributed by atoms with Crippen molar-refractivity contribution in [2.24, 2.45) is 0 Å². The number of halogens is 1. The van der Waals surface area contributed by atoms with Crippen LogP contribution in [-0.4, -0.2) is 25.0 Å². The molecule has 0 amide bonds. The van der Waals surface area contributed by atoms with Crippen molar-refractivity contribution in [2.45, 2.75) is 33.8 Å². The molecule has 0 unspecified atom stereocenters. The van der Waals surface area contributed by atoms with Gasteiger partial charge in [0.2, 0.25) is 0 Å². The summed E-state index contributed by atoms with van der Waals surface area (Å²) in [6, 6.07) is 16.4. The molecule has 0 N–H and O–H groups in total. The first kappa shape index (κ1) is 28.5. The summed E-state index contributed by atoms with van der Waals surface area (Å²) in [6.07, 6.45) is 1.28. The van der Waals surface area contributed by atoms with Crippen molar-refractivity contribution in [3.05, 3.63) is 85.1 Å². The monoisotopic (exact) mass is 548 g/mol. The van der Waals surface area contributed by atoms with Gasteiger partial charge in [-0.3, -0.25) is 4.79 Å². The molecular weight excluding hydrogens is 524 g/mol. The maximum Gasteiger partial charge on any atom is 0.348 e. The predicted molar refractivity (Wildman–Crippen MR) is 145 cm³/mol. The SMILES string of the molecule is CCOC(=O)c1sc(CC(=O)/C(C#N)=C/c2ccc(OCc3ccc(Cl)cc3)c(OCC)c2)c(C#N)c1C. The first-order chi connectivity index (χ1) is 18.3. The number of Topliss-reactive ketones (excluding diaryl/α,β-unsaturated/α-hetero) is 1. The Bertz CT molecular complexity index is 1450. The maximum absolute atomic E-state index is 13.0. The summed E-state index contributed by atoms with van der Waals surface area (Å²) < 4.78 is 16.7. The number of allylic oxidation sites excluding steroid dienone is 1. The van der Waals surface area contributed by atoms with Gasteiger partial charge in [0, 0.05) is 16.3 Å². The van der Waals surface area contributed by atoms with Gasteiger partial charge < -0.3 is 14.2 Å². The highest BCUT2D eigenvalue weighted by atomic mass is 35.5. The number of nitrogens with zero attached hydrogens (tertiary/aromatic N) is 2. The summed E-state index contributed by atoms with van der Waals surface area (Å²) in [5, 5.41) is 19.9. The molecule has 3 rings (SSSR count). The standard InChI is InChI=1S/C29H25ClN2O5S/c1-4-35-26-13-20(8-11-25(26)37-17-19-6-9-22(30)10-7-19)12-21(15-31)24(33)14-27-23(16-32)18(3)28(38-27)29(34)36-5-2/h6-13H,4-5,14,17H2,1-3H3/b21-12+. The van der Waals surface area contributed by atoms with Gasteiger partial charge >= 0.3 is 5.97 Å². The molecule has 7 nitrogen and oxygen atoms in total. The van der Waals surface area contributed by atoms with E-state index in [4.69, 9.17) is 25.8 Å². The molecule has 3 aromatic rings. The molecule has 194 valence electrons. The van der Waals surface area contributed by atoms with E-state index in [0.29, 0.717) is 45.7 Å². The minimum atomic E-state index is -0.539. The van der Waals surface area contributed by atoms with Gasteiger partial charge in [-0.2, -0.15) is 10.5 Å². The lowest BCUT2D eigenvalue weighted by atomic mass is 10.0. The van der Waals surface area contributed by atoms with Crippen molar-refractivity contribution in [1.82, 2.24) is 0 Å².